The van der Waals surface area contributed by atoms with E-state index in [9.17, 15) is 9.59 Å². The van der Waals surface area contributed by atoms with Gasteiger partial charge in [-0.2, -0.15) is 0 Å². The van der Waals surface area contributed by atoms with Crippen LogP contribution in [0.15, 0.2) is 0 Å². The molecule has 0 aromatic heterocycles. The molecule has 1 atom stereocenters. The lowest BCUT2D eigenvalue weighted by atomic mass is 9.99. The molecule has 0 rings (SSSR count). The molecule has 5 heteroatoms. The van der Waals surface area contributed by atoms with Crippen LogP contribution in [0, 0.1) is 5.92 Å². The van der Waals surface area contributed by atoms with Gasteiger partial charge in [-0.05, 0) is 33.1 Å². The molecule has 0 aromatic carbocycles. The molecule has 0 aliphatic rings. The number of hydrogen-bond donors (Lipinski definition) is 2. The maximum atomic E-state index is 12.3. The van der Waals surface area contributed by atoms with E-state index in [1.54, 1.807) is 4.90 Å². The summed E-state index contributed by atoms with van der Waals surface area (Å²) in [6, 6.07) is -0.168. The average Bonchev–Trinajstić information content (AvgIpc) is 2.37. The molecule has 0 fully saturated rings. The number of carboxylic acid groups (broad SMARTS) is 1. The smallest absolute Gasteiger partial charge is 0.317 e. The number of urea groups is 1. The predicted octanol–water partition coefficient (Wildman–Crippen LogP) is 3.49. The molecular formula is C16H32N2O3. The summed E-state index contributed by atoms with van der Waals surface area (Å²) in [5.74, 6) is -0.387. The first-order valence-corrected chi connectivity index (χ1v) is 7.99. The Bertz CT molecular complexity index is 324. The number of carbonyl (C=O) groups excluding carboxylic acids is 1. The van der Waals surface area contributed by atoms with Gasteiger partial charge in [-0.1, -0.05) is 33.1 Å². The Labute approximate surface area is 129 Å². The zero-order valence-corrected chi connectivity index (χ0v) is 14.2. The second-order valence-electron chi connectivity index (χ2n) is 6.57. The maximum absolute atomic E-state index is 12.3. The van der Waals surface area contributed by atoms with Gasteiger partial charge in [0, 0.05) is 18.6 Å². The lowest BCUT2D eigenvalue weighted by Crippen LogP contribution is -2.51. The first-order valence-electron chi connectivity index (χ1n) is 7.99. The predicted molar refractivity (Wildman–Crippen MR) is 85.4 cm³/mol. The van der Waals surface area contributed by atoms with E-state index in [1.165, 1.54) is 6.42 Å². The first kappa shape index (κ1) is 19.7. The van der Waals surface area contributed by atoms with E-state index in [0.29, 0.717) is 12.5 Å². The summed E-state index contributed by atoms with van der Waals surface area (Å²) in [4.78, 5) is 24.6. The normalized spacial score (nSPS) is 12.8. The van der Waals surface area contributed by atoms with Crippen molar-refractivity contribution in [1.29, 1.82) is 0 Å². The molecule has 0 heterocycles. The molecule has 0 aromatic rings. The van der Waals surface area contributed by atoms with Crippen LogP contribution in [0.2, 0.25) is 0 Å². The third-order valence-corrected chi connectivity index (χ3v) is 3.69. The number of rotatable bonds is 9. The van der Waals surface area contributed by atoms with Gasteiger partial charge in [0.25, 0.3) is 0 Å². The molecule has 21 heavy (non-hydrogen) atoms. The number of nitrogens with zero attached hydrogens (tertiary/aromatic N) is 1. The van der Waals surface area contributed by atoms with E-state index in [2.05, 4.69) is 19.2 Å². The molecule has 1 unspecified atom stereocenters. The number of carboxylic acids is 1. The maximum Gasteiger partial charge on any atom is 0.317 e. The molecular weight excluding hydrogens is 268 g/mol. The van der Waals surface area contributed by atoms with Crippen molar-refractivity contribution in [2.24, 2.45) is 5.92 Å². The van der Waals surface area contributed by atoms with Crippen LogP contribution in [0.5, 0.6) is 0 Å². The molecule has 0 bridgehead atoms. The fraction of sp³-hybridized carbons (Fsp3) is 0.875. The highest BCUT2D eigenvalue weighted by molar-refractivity contribution is 5.76. The van der Waals surface area contributed by atoms with Gasteiger partial charge in [0.05, 0.1) is 6.42 Å². The highest BCUT2D eigenvalue weighted by Gasteiger charge is 2.26. The average molecular weight is 300 g/mol. The minimum absolute atomic E-state index is 0.0300. The second-order valence-corrected chi connectivity index (χ2v) is 6.57. The molecule has 124 valence electrons. The number of aliphatic carboxylic acids is 1. The fourth-order valence-electron chi connectivity index (χ4n) is 2.22. The molecule has 0 aliphatic heterocycles. The zero-order chi connectivity index (χ0) is 16.5. The summed E-state index contributed by atoms with van der Waals surface area (Å²) in [5, 5.41) is 11.8. The van der Waals surface area contributed by atoms with Crippen LogP contribution in [0.3, 0.4) is 0 Å². The Kier molecular flexibility index (Phi) is 9.06. The Hall–Kier alpha value is -1.26. The number of amides is 2. The van der Waals surface area contributed by atoms with Gasteiger partial charge in [-0.3, -0.25) is 4.79 Å². The number of carbonyl (C=O) groups is 2. The largest absolute Gasteiger partial charge is 0.481 e. The van der Waals surface area contributed by atoms with Crippen LogP contribution in [0.1, 0.15) is 66.7 Å². The molecule has 2 N–H and O–H groups in total. The highest BCUT2D eigenvalue weighted by atomic mass is 16.4. The van der Waals surface area contributed by atoms with Gasteiger partial charge < -0.3 is 15.3 Å². The van der Waals surface area contributed by atoms with Gasteiger partial charge in [0.15, 0.2) is 0 Å². The Balaban J connectivity index is 4.49. The summed E-state index contributed by atoms with van der Waals surface area (Å²) in [6.45, 7) is 11.0. The molecule has 0 saturated heterocycles. The lowest BCUT2D eigenvalue weighted by Gasteiger charge is -2.35. The lowest BCUT2D eigenvalue weighted by molar-refractivity contribution is -0.137. The van der Waals surface area contributed by atoms with Crippen LogP contribution >= 0.6 is 0 Å². The van der Waals surface area contributed by atoms with E-state index >= 15 is 0 Å². The van der Waals surface area contributed by atoms with Gasteiger partial charge in [0.2, 0.25) is 0 Å². The number of unbranched alkanes of at least 4 members (excludes halogenated alkanes) is 1. The van der Waals surface area contributed by atoms with Crippen molar-refractivity contribution in [1.82, 2.24) is 10.2 Å². The van der Waals surface area contributed by atoms with E-state index in [4.69, 9.17) is 5.11 Å². The topological polar surface area (TPSA) is 69.6 Å². The SMILES string of the molecule is CCCCC(CC)CNC(=O)N(CCC(=O)O)C(C)(C)C. The van der Waals surface area contributed by atoms with Crippen molar-refractivity contribution in [2.75, 3.05) is 13.1 Å². The molecule has 0 aliphatic carbocycles. The van der Waals surface area contributed by atoms with Crippen LogP contribution in [0.25, 0.3) is 0 Å². The molecule has 2 amide bonds. The fourth-order valence-corrected chi connectivity index (χ4v) is 2.22. The summed E-state index contributed by atoms with van der Waals surface area (Å²) >= 11 is 0. The summed E-state index contributed by atoms with van der Waals surface area (Å²) < 4.78 is 0. The Morgan fingerprint density at radius 3 is 2.29 bits per heavy atom. The van der Waals surface area contributed by atoms with E-state index in [0.717, 1.165) is 19.3 Å². The summed E-state index contributed by atoms with van der Waals surface area (Å²) in [6.07, 6.45) is 4.48. The van der Waals surface area contributed by atoms with Crippen molar-refractivity contribution in [3.8, 4) is 0 Å². The van der Waals surface area contributed by atoms with E-state index < -0.39 is 5.97 Å². The standard InChI is InChI=1S/C16H32N2O3/c1-6-8-9-13(7-2)12-17-15(21)18(16(3,4)5)11-10-14(19)20/h13H,6-12H2,1-5H3,(H,17,21)(H,19,20). The van der Waals surface area contributed by atoms with Crippen LogP contribution < -0.4 is 5.32 Å². The molecule has 0 saturated carbocycles. The molecule has 5 nitrogen and oxygen atoms in total. The Morgan fingerprint density at radius 1 is 1.24 bits per heavy atom. The third kappa shape index (κ3) is 8.58. The van der Waals surface area contributed by atoms with Crippen molar-refractivity contribution in [3.63, 3.8) is 0 Å². The van der Waals surface area contributed by atoms with Crippen molar-refractivity contribution in [2.45, 2.75) is 72.3 Å². The van der Waals surface area contributed by atoms with Crippen molar-refractivity contribution < 1.29 is 14.7 Å². The highest BCUT2D eigenvalue weighted by Crippen LogP contribution is 2.15. The molecule has 0 spiro atoms. The van der Waals surface area contributed by atoms with E-state index in [-0.39, 0.29) is 24.5 Å². The van der Waals surface area contributed by atoms with Crippen LogP contribution in [-0.4, -0.2) is 40.6 Å². The molecule has 0 radical (unpaired) electrons. The van der Waals surface area contributed by atoms with Crippen LogP contribution in [0.4, 0.5) is 4.79 Å². The van der Waals surface area contributed by atoms with Crippen LogP contribution in [-0.2, 0) is 4.79 Å². The van der Waals surface area contributed by atoms with Gasteiger partial charge in [-0.25, -0.2) is 4.79 Å². The van der Waals surface area contributed by atoms with Gasteiger partial charge >= 0.3 is 12.0 Å². The minimum Gasteiger partial charge on any atom is -0.481 e. The van der Waals surface area contributed by atoms with Crippen molar-refractivity contribution >= 4 is 12.0 Å². The zero-order valence-electron chi connectivity index (χ0n) is 14.2. The van der Waals surface area contributed by atoms with Gasteiger partial charge in [-0.15, -0.1) is 0 Å². The Morgan fingerprint density at radius 2 is 1.86 bits per heavy atom. The number of hydrogen-bond acceptors (Lipinski definition) is 2. The summed E-state index contributed by atoms with van der Waals surface area (Å²) in [5.41, 5.74) is -0.384. The number of nitrogens with one attached hydrogen (secondary N) is 1. The third-order valence-electron chi connectivity index (χ3n) is 3.69. The second kappa shape index (κ2) is 9.64. The monoisotopic (exact) mass is 300 g/mol. The minimum atomic E-state index is -0.883. The first-order chi connectivity index (χ1) is 9.72. The van der Waals surface area contributed by atoms with E-state index in [1.807, 2.05) is 20.8 Å². The summed E-state index contributed by atoms with van der Waals surface area (Å²) in [7, 11) is 0. The van der Waals surface area contributed by atoms with Gasteiger partial charge in [0.1, 0.15) is 0 Å². The quantitative estimate of drug-likeness (QED) is 0.685. The van der Waals surface area contributed by atoms with Crippen molar-refractivity contribution in [3.05, 3.63) is 0 Å².